The van der Waals surface area contributed by atoms with Gasteiger partial charge in [0.15, 0.2) is 0 Å². The maximum atomic E-state index is 13.3. The van der Waals surface area contributed by atoms with Crippen molar-refractivity contribution in [3.63, 3.8) is 0 Å². The van der Waals surface area contributed by atoms with E-state index in [-0.39, 0.29) is 24.2 Å². The molecule has 0 saturated heterocycles. The Morgan fingerprint density at radius 1 is 1.06 bits per heavy atom. The van der Waals surface area contributed by atoms with E-state index < -0.39 is 16.5 Å². The number of anilines is 1. The Balaban J connectivity index is 1.62. The number of nitro benzene ring substituents is 1. The molecule has 0 spiro atoms. The molecule has 0 aliphatic heterocycles. The Kier molecular flexibility index (Phi) is 6.32. The van der Waals surface area contributed by atoms with Gasteiger partial charge in [0.25, 0.3) is 11.2 Å². The number of urea groups is 1. The van der Waals surface area contributed by atoms with Crippen LogP contribution in [0, 0.1) is 10.1 Å². The van der Waals surface area contributed by atoms with Gasteiger partial charge in [-0.2, -0.15) is 0 Å². The molecule has 0 aliphatic rings. The molecule has 0 atom stereocenters. The van der Waals surface area contributed by atoms with Crippen LogP contribution < -0.4 is 16.2 Å². The van der Waals surface area contributed by atoms with Gasteiger partial charge in [0, 0.05) is 41.5 Å². The lowest BCUT2D eigenvalue weighted by atomic mass is 10.1. The first-order valence-electron chi connectivity index (χ1n) is 9.97. The molecule has 166 valence electrons. The summed E-state index contributed by atoms with van der Waals surface area (Å²) in [7, 11) is 0. The van der Waals surface area contributed by atoms with Gasteiger partial charge in [-0.1, -0.05) is 41.9 Å². The van der Waals surface area contributed by atoms with Gasteiger partial charge in [-0.25, -0.2) is 9.78 Å². The Bertz CT molecular complexity index is 1390. The van der Waals surface area contributed by atoms with E-state index in [0.29, 0.717) is 27.6 Å². The number of aromatic nitrogens is 2. The molecular weight excluding hydrogens is 446 g/mol. The molecule has 4 rings (SSSR count). The van der Waals surface area contributed by atoms with E-state index in [9.17, 15) is 19.7 Å². The highest BCUT2D eigenvalue weighted by atomic mass is 35.5. The van der Waals surface area contributed by atoms with Gasteiger partial charge in [-0.15, -0.1) is 0 Å². The van der Waals surface area contributed by atoms with Crippen LogP contribution in [0.1, 0.15) is 0 Å². The number of carbonyl (C=O) groups excluding carboxylic acids is 1. The fraction of sp³-hybridized carbons (Fsp3) is 0.0870. The summed E-state index contributed by atoms with van der Waals surface area (Å²) in [6.07, 6.45) is 0. The van der Waals surface area contributed by atoms with Crippen molar-refractivity contribution in [3.8, 4) is 11.4 Å². The summed E-state index contributed by atoms with van der Waals surface area (Å²) in [5.74, 6) is 0.405. The van der Waals surface area contributed by atoms with Crippen LogP contribution in [0.25, 0.3) is 22.3 Å². The first-order chi connectivity index (χ1) is 15.9. The van der Waals surface area contributed by atoms with Crippen molar-refractivity contribution in [2.75, 3.05) is 11.9 Å². The van der Waals surface area contributed by atoms with Gasteiger partial charge < -0.3 is 10.6 Å². The molecule has 1 heterocycles. The highest BCUT2D eigenvalue weighted by molar-refractivity contribution is 6.30. The molecule has 3 aromatic carbocycles. The van der Waals surface area contributed by atoms with E-state index in [2.05, 4.69) is 15.6 Å². The van der Waals surface area contributed by atoms with Crippen molar-refractivity contribution in [1.82, 2.24) is 14.9 Å². The molecule has 0 fully saturated rings. The number of fused-ring (bicyclic) bond motifs is 1. The average Bonchev–Trinajstić information content (AvgIpc) is 2.82. The van der Waals surface area contributed by atoms with Crippen molar-refractivity contribution >= 4 is 39.9 Å². The number of amides is 2. The second kappa shape index (κ2) is 9.49. The van der Waals surface area contributed by atoms with Crippen LogP contribution in [0.2, 0.25) is 5.02 Å². The molecule has 0 radical (unpaired) electrons. The van der Waals surface area contributed by atoms with E-state index in [1.807, 2.05) is 30.3 Å². The zero-order chi connectivity index (χ0) is 23.4. The SMILES string of the molecule is O=C(NCCn1c(-c2ccccc2)nc2ccc([N+](=O)[O-])cc2c1=O)Nc1ccc(Cl)cc1. The molecule has 1 aromatic heterocycles. The van der Waals surface area contributed by atoms with Crippen LogP contribution in [-0.4, -0.2) is 27.1 Å². The normalized spacial score (nSPS) is 10.7. The summed E-state index contributed by atoms with van der Waals surface area (Å²) < 4.78 is 1.41. The Morgan fingerprint density at radius 2 is 1.79 bits per heavy atom. The summed E-state index contributed by atoms with van der Waals surface area (Å²) in [4.78, 5) is 40.7. The van der Waals surface area contributed by atoms with E-state index in [1.54, 1.807) is 24.3 Å². The Morgan fingerprint density at radius 3 is 2.48 bits per heavy atom. The third kappa shape index (κ3) is 4.99. The lowest BCUT2D eigenvalue weighted by Crippen LogP contribution is -2.34. The number of nitro groups is 1. The molecule has 9 nitrogen and oxygen atoms in total. The minimum absolute atomic E-state index is 0.114. The second-order valence-corrected chi connectivity index (χ2v) is 7.54. The maximum Gasteiger partial charge on any atom is 0.319 e. The minimum Gasteiger partial charge on any atom is -0.336 e. The topological polar surface area (TPSA) is 119 Å². The van der Waals surface area contributed by atoms with Crippen molar-refractivity contribution in [1.29, 1.82) is 0 Å². The van der Waals surface area contributed by atoms with Crippen LogP contribution in [0.3, 0.4) is 0 Å². The predicted molar refractivity (Wildman–Crippen MR) is 127 cm³/mol. The first kappa shape index (κ1) is 22.0. The molecule has 10 heteroatoms. The lowest BCUT2D eigenvalue weighted by molar-refractivity contribution is -0.384. The molecule has 0 bridgehead atoms. The van der Waals surface area contributed by atoms with Crippen LogP contribution in [0.5, 0.6) is 0 Å². The molecule has 0 unspecified atom stereocenters. The fourth-order valence-corrected chi connectivity index (χ4v) is 3.45. The van der Waals surface area contributed by atoms with Crippen molar-refractivity contribution in [2.45, 2.75) is 6.54 Å². The van der Waals surface area contributed by atoms with E-state index in [4.69, 9.17) is 11.6 Å². The van der Waals surface area contributed by atoms with Crippen LogP contribution in [0.4, 0.5) is 16.2 Å². The summed E-state index contributed by atoms with van der Waals surface area (Å²) in [5.41, 5.74) is 1.01. The summed E-state index contributed by atoms with van der Waals surface area (Å²) >= 11 is 5.84. The maximum absolute atomic E-state index is 13.3. The van der Waals surface area contributed by atoms with Crippen LogP contribution in [0.15, 0.2) is 77.6 Å². The summed E-state index contributed by atoms with van der Waals surface area (Å²) in [5, 5.41) is 17.2. The van der Waals surface area contributed by atoms with E-state index in [0.717, 1.165) is 0 Å². The Labute approximate surface area is 192 Å². The monoisotopic (exact) mass is 463 g/mol. The fourth-order valence-electron chi connectivity index (χ4n) is 3.33. The first-order valence-corrected chi connectivity index (χ1v) is 10.3. The van der Waals surface area contributed by atoms with Crippen molar-refractivity contribution in [2.24, 2.45) is 0 Å². The third-order valence-corrected chi connectivity index (χ3v) is 5.16. The summed E-state index contributed by atoms with van der Waals surface area (Å²) in [6, 6.07) is 19.3. The number of hydrogen-bond acceptors (Lipinski definition) is 5. The van der Waals surface area contributed by atoms with Gasteiger partial charge in [-0.3, -0.25) is 19.5 Å². The van der Waals surface area contributed by atoms with Crippen LogP contribution >= 0.6 is 11.6 Å². The number of rotatable bonds is 6. The van der Waals surface area contributed by atoms with Crippen molar-refractivity contribution < 1.29 is 9.72 Å². The van der Waals surface area contributed by atoms with Gasteiger partial charge >= 0.3 is 6.03 Å². The molecule has 0 saturated carbocycles. The van der Waals surface area contributed by atoms with E-state index >= 15 is 0 Å². The number of benzene rings is 3. The summed E-state index contributed by atoms with van der Waals surface area (Å²) in [6.45, 7) is 0.240. The zero-order valence-corrected chi connectivity index (χ0v) is 18.0. The highest BCUT2D eigenvalue weighted by Crippen LogP contribution is 2.21. The van der Waals surface area contributed by atoms with Crippen molar-refractivity contribution in [3.05, 3.63) is 98.3 Å². The number of nitrogens with zero attached hydrogens (tertiary/aromatic N) is 3. The second-order valence-electron chi connectivity index (χ2n) is 7.10. The number of non-ortho nitro benzene ring substituents is 1. The smallest absolute Gasteiger partial charge is 0.319 e. The zero-order valence-electron chi connectivity index (χ0n) is 17.2. The van der Waals surface area contributed by atoms with Gasteiger partial charge in [0.05, 0.1) is 15.8 Å². The molecule has 2 amide bonds. The standard InChI is InChI=1S/C23H18ClN5O4/c24-16-6-8-17(9-7-16)26-23(31)25-12-13-28-21(15-4-2-1-3-5-15)27-20-11-10-18(29(32)33)14-19(20)22(28)30/h1-11,14H,12-13H2,(H2,25,26,31). The number of nitrogens with one attached hydrogen (secondary N) is 2. The van der Waals surface area contributed by atoms with Gasteiger partial charge in [0.2, 0.25) is 0 Å². The number of hydrogen-bond donors (Lipinski definition) is 2. The number of halogens is 1. The van der Waals surface area contributed by atoms with Gasteiger partial charge in [-0.05, 0) is 30.3 Å². The molecule has 0 aliphatic carbocycles. The largest absolute Gasteiger partial charge is 0.336 e. The molecule has 2 N–H and O–H groups in total. The van der Waals surface area contributed by atoms with Crippen LogP contribution in [-0.2, 0) is 6.54 Å². The quantitative estimate of drug-likeness (QED) is 0.323. The van der Waals surface area contributed by atoms with E-state index in [1.165, 1.54) is 22.8 Å². The molecule has 4 aromatic rings. The number of carbonyl (C=O) groups is 1. The molecule has 33 heavy (non-hydrogen) atoms. The predicted octanol–water partition coefficient (Wildman–Crippen LogP) is 4.45. The lowest BCUT2D eigenvalue weighted by Gasteiger charge is -2.14. The van der Waals surface area contributed by atoms with Gasteiger partial charge in [0.1, 0.15) is 5.82 Å². The Hall–Kier alpha value is -4.24. The molecular formula is C23H18ClN5O4. The average molecular weight is 464 g/mol. The minimum atomic E-state index is -0.559. The third-order valence-electron chi connectivity index (χ3n) is 4.90. The highest BCUT2D eigenvalue weighted by Gasteiger charge is 2.16.